The number of likely N-dealkylation sites (tertiary alicyclic amines) is 1. The summed E-state index contributed by atoms with van der Waals surface area (Å²) >= 11 is 0. The maximum absolute atomic E-state index is 12.8. The third kappa shape index (κ3) is 3.84. The Morgan fingerprint density at radius 1 is 1.24 bits per heavy atom. The summed E-state index contributed by atoms with van der Waals surface area (Å²) in [4.78, 5) is 44.5. The number of pyridine rings is 1. The Morgan fingerprint density at radius 3 is 2.76 bits per heavy atom. The first-order valence-corrected chi connectivity index (χ1v) is 10.8. The zero-order valence-electron chi connectivity index (χ0n) is 17.7. The number of hydrogen-bond acceptors (Lipinski definition) is 4. The van der Waals surface area contributed by atoms with Gasteiger partial charge in [-0.15, -0.1) is 0 Å². The van der Waals surface area contributed by atoms with E-state index in [-0.39, 0.29) is 29.3 Å². The Bertz CT molecular complexity index is 864. The summed E-state index contributed by atoms with van der Waals surface area (Å²) in [6.45, 7) is 8.35. The molecule has 2 bridgehead atoms. The molecule has 0 radical (unpaired) electrons. The normalized spacial score (nSPS) is 29.5. The number of rotatable bonds is 4. The van der Waals surface area contributed by atoms with Crippen molar-refractivity contribution in [3.63, 3.8) is 0 Å². The molecule has 1 aromatic heterocycles. The summed E-state index contributed by atoms with van der Waals surface area (Å²) in [5.74, 6) is 1.01. The van der Waals surface area contributed by atoms with E-state index in [0.29, 0.717) is 24.8 Å². The average molecular weight is 401 g/mol. The fraction of sp³-hybridized carbons (Fsp3) is 0.682. The highest BCUT2D eigenvalue weighted by Gasteiger charge is 2.49. The first-order chi connectivity index (χ1) is 13.8. The molecule has 4 heterocycles. The molecule has 2 amide bonds. The van der Waals surface area contributed by atoms with Gasteiger partial charge in [-0.05, 0) is 44.9 Å². The van der Waals surface area contributed by atoms with Gasteiger partial charge >= 0.3 is 0 Å². The lowest BCUT2D eigenvalue weighted by molar-refractivity contribution is -0.153. The molecule has 0 unspecified atom stereocenters. The van der Waals surface area contributed by atoms with Gasteiger partial charge < -0.3 is 15.2 Å². The van der Waals surface area contributed by atoms with Crippen LogP contribution >= 0.6 is 0 Å². The van der Waals surface area contributed by atoms with Gasteiger partial charge in [-0.25, -0.2) is 0 Å². The number of carbonyl (C=O) groups is 2. The Balaban J connectivity index is 1.57. The molecule has 4 atom stereocenters. The van der Waals surface area contributed by atoms with Crippen LogP contribution in [0.4, 0.5) is 0 Å². The van der Waals surface area contributed by atoms with E-state index in [4.69, 9.17) is 0 Å². The van der Waals surface area contributed by atoms with Crippen LogP contribution in [0.3, 0.4) is 0 Å². The van der Waals surface area contributed by atoms with Crippen LogP contribution in [0.25, 0.3) is 0 Å². The number of fused-ring (bicyclic) bond motifs is 4. The highest BCUT2D eigenvalue weighted by atomic mass is 16.2. The maximum Gasteiger partial charge on any atom is 0.223 e. The molecular formula is C22H32N4O3. The molecule has 7 heteroatoms. The summed E-state index contributed by atoms with van der Waals surface area (Å²) in [7, 11) is 0. The fourth-order valence-electron chi connectivity index (χ4n) is 5.70. The second-order valence-electron chi connectivity index (χ2n) is 9.12. The number of nitrogens with one attached hydrogen (secondary N) is 2. The summed E-state index contributed by atoms with van der Waals surface area (Å²) in [5, 5.41) is 2.96. The van der Waals surface area contributed by atoms with E-state index >= 15 is 0 Å². The van der Waals surface area contributed by atoms with Crippen molar-refractivity contribution in [3.8, 4) is 0 Å². The van der Waals surface area contributed by atoms with Crippen molar-refractivity contribution in [1.82, 2.24) is 20.1 Å². The maximum atomic E-state index is 12.8. The number of aromatic amines is 1. The average Bonchev–Trinajstić information content (AvgIpc) is 2.68. The van der Waals surface area contributed by atoms with Gasteiger partial charge in [0.15, 0.2) is 5.43 Å². The summed E-state index contributed by atoms with van der Waals surface area (Å²) in [5.41, 5.74) is 2.64. The molecule has 4 rings (SSSR count). The van der Waals surface area contributed by atoms with Crippen LogP contribution < -0.4 is 10.7 Å². The van der Waals surface area contributed by atoms with Crippen molar-refractivity contribution in [2.24, 2.45) is 11.8 Å². The third-order valence-corrected chi connectivity index (χ3v) is 7.13. The van der Waals surface area contributed by atoms with Gasteiger partial charge in [0.05, 0.1) is 6.04 Å². The van der Waals surface area contributed by atoms with E-state index in [1.165, 1.54) is 6.92 Å². The molecule has 1 aromatic rings. The first-order valence-electron chi connectivity index (χ1n) is 10.8. The van der Waals surface area contributed by atoms with Crippen LogP contribution in [0.15, 0.2) is 11.0 Å². The van der Waals surface area contributed by atoms with Gasteiger partial charge in [0.25, 0.3) is 0 Å². The van der Waals surface area contributed by atoms with Gasteiger partial charge in [-0.3, -0.25) is 19.3 Å². The molecule has 3 aliphatic heterocycles. The Hall–Kier alpha value is -2.15. The van der Waals surface area contributed by atoms with Gasteiger partial charge in [-0.1, -0.05) is 0 Å². The Kier molecular flexibility index (Phi) is 5.51. The van der Waals surface area contributed by atoms with E-state index < -0.39 is 0 Å². The molecule has 7 nitrogen and oxygen atoms in total. The quantitative estimate of drug-likeness (QED) is 0.799. The molecule has 0 saturated carbocycles. The number of nitrogens with zero attached hydrogens (tertiary/aromatic N) is 2. The predicted molar refractivity (Wildman–Crippen MR) is 110 cm³/mol. The lowest BCUT2D eigenvalue weighted by atomic mass is 9.72. The number of H-pyrrole nitrogens is 1. The van der Waals surface area contributed by atoms with Crippen LogP contribution in [0.1, 0.15) is 49.4 Å². The number of aryl methyl sites for hydroxylation is 1. The summed E-state index contributed by atoms with van der Waals surface area (Å²) in [6.07, 6.45) is 5.54. The molecule has 0 aromatic carbocycles. The summed E-state index contributed by atoms with van der Waals surface area (Å²) in [6, 6.07) is 0.334. The zero-order valence-corrected chi connectivity index (χ0v) is 17.7. The summed E-state index contributed by atoms with van der Waals surface area (Å²) < 4.78 is 0. The first kappa shape index (κ1) is 20.1. The number of piperidine rings is 3. The van der Waals surface area contributed by atoms with E-state index in [2.05, 4.69) is 20.1 Å². The van der Waals surface area contributed by atoms with Crippen LogP contribution in [0.5, 0.6) is 0 Å². The van der Waals surface area contributed by atoms with Gasteiger partial charge in [0, 0.05) is 68.6 Å². The Morgan fingerprint density at radius 2 is 2.00 bits per heavy atom. The molecule has 29 heavy (non-hydrogen) atoms. The molecule has 0 spiro atoms. The highest BCUT2D eigenvalue weighted by molar-refractivity contribution is 5.78. The van der Waals surface area contributed by atoms with Crippen LogP contribution in [-0.4, -0.2) is 58.3 Å². The second-order valence-corrected chi connectivity index (χ2v) is 9.12. The highest BCUT2D eigenvalue weighted by Crippen LogP contribution is 2.41. The van der Waals surface area contributed by atoms with Crippen molar-refractivity contribution in [2.45, 2.75) is 65.1 Å². The molecule has 2 N–H and O–H groups in total. The smallest absolute Gasteiger partial charge is 0.223 e. The third-order valence-electron chi connectivity index (χ3n) is 7.13. The van der Waals surface area contributed by atoms with Crippen molar-refractivity contribution >= 4 is 11.8 Å². The number of amides is 2. The predicted octanol–water partition coefficient (Wildman–Crippen LogP) is 1.33. The van der Waals surface area contributed by atoms with Crippen LogP contribution in [0, 0.1) is 25.7 Å². The standard InChI is InChI=1S/C22H32N4O3/c1-13-8-24-18(14(2)22(13)29)12-25-10-16-7-17(11-25)20(9-23-15(3)27)26-19(16)5-4-6-21(26)28/h8,16-17,19-20H,4-7,9-12H2,1-3H3,(H,23,27)(H,24,29)/t16-,17+,19+,20+/m1/s1. The lowest BCUT2D eigenvalue weighted by Crippen LogP contribution is -2.67. The van der Waals surface area contributed by atoms with Gasteiger partial charge in [-0.2, -0.15) is 0 Å². The molecular weight excluding hydrogens is 368 g/mol. The molecule has 158 valence electrons. The van der Waals surface area contributed by atoms with Crippen molar-refractivity contribution in [1.29, 1.82) is 0 Å². The molecule has 3 fully saturated rings. The van der Waals surface area contributed by atoms with E-state index in [1.807, 2.05) is 13.8 Å². The number of aromatic nitrogens is 1. The van der Waals surface area contributed by atoms with E-state index in [1.54, 1.807) is 6.20 Å². The van der Waals surface area contributed by atoms with Crippen molar-refractivity contribution in [2.75, 3.05) is 19.6 Å². The Labute approximate surface area is 171 Å². The van der Waals surface area contributed by atoms with Crippen LogP contribution in [-0.2, 0) is 16.1 Å². The molecule has 3 aliphatic rings. The van der Waals surface area contributed by atoms with Crippen molar-refractivity contribution in [3.05, 3.63) is 33.2 Å². The second kappa shape index (κ2) is 7.94. The monoisotopic (exact) mass is 400 g/mol. The van der Waals surface area contributed by atoms with Crippen molar-refractivity contribution < 1.29 is 9.59 Å². The van der Waals surface area contributed by atoms with E-state index in [9.17, 15) is 14.4 Å². The van der Waals surface area contributed by atoms with Crippen LogP contribution in [0.2, 0.25) is 0 Å². The SMILES string of the molecule is CC(=O)NC[C@H]1[C@H]2C[C@H](CN(Cc3[nH]cc(C)c(=O)c3C)C2)[C@@H]2CCCC(=O)N21. The minimum atomic E-state index is -0.0475. The van der Waals surface area contributed by atoms with Gasteiger partial charge in [0.1, 0.15) is 0 Å². The minimum Gasteiger partial charge on any atom is -0.363 e. The lowest BCUT2D eigenvalue weighted by Gasteiger charge is -2.56. The minimum absolute atomic E-state index is 0.0475. The molecule has 0 aliphatic carbocycles. The number of carbonyl (C=O) groups excluding carboxylic acids is 2. The largest absolute Gasteiger partial charge is 0.363 e. The number of hydrogen-bond donors (Lipinski definition) is 2. The zero-order chi connectivity index (χ0) is 20.7. The topological polar surface area (TPSA) is 85.5 Å². The molecule has 3 saturated heterocycles. The fourth-order valence-corrected chi connectivity index (χ4v) is 5.70. The van der Waals surface area contributed by atoms with E-state index in [0.717, 1.165) is 55.7 Å². The van der Waals surface area contributed by atoms with Gasteiger partial charge in [0.2, 0.25) is 11.8 Å².